The number of nitrogens with one attached hydrogen (secondary N) is 1. The van der Waals surface area contributed by atoms with E-state index in [0.717, 1.165) is 17.3 Å². The van der Waals surface area contributed by atoms with Crippen LogP contribution in [0.4, 0.5) is 5.82 Å². The van der Waals surface area contributed by atoms with Crippen molar-refractivity contribution in [1.29, 1.82) is 0 Å². The molecule has 1 atom stereocenters. The van der Waals surface area contributed by atoms with Crippen molar-refractivity contribution in [3.05, 3.63) is 17.6 Å². The minimum absolute atomic E-state index is 0.0700. The summed E-state index contributed by atoms with van der Waals surface area (Å²) in [5, 5.41) is 3.25. The molecule has 1 aliphatic rings. The van der Waals surface area contributed by atoms with Gasteiger partial charge in [0.15, 0.2) is 5.79 Å². The van der Waals surface area contributed by atoms with E-state index in [1.807, 2.05) is 33.8 Å². The Hall–Kier alpha value is -1.20. The first-order valence-electron chi connectivity index (χ1n) is 5.82. The highest BCUT2D eigenvalue weighted by atomic mass is 16.7. The largest absolute Gasteiger partial charge is 0.367 e. The van der Waals surface area contributed by atoms with E-state index in [0.29, 0.717) is 13.2 Å². The first-order valence-corrected chi connectivity index (χ1v) is 5.82. The maximum atomic E-state index is 5.70. The van der Waals surface area contributed by atoms with Crippen molar-refractivity contribution < 1.29 is 9.47 Å². The summed E-state index contributed by atoms with van der Waals surface area (Å²) in [6.07, 6.45) is 0.0700. The summed E-state index contributed by atoms with van der Waals surface area (Å²) >= 11 is 0. The molecule has 2 rings (SSSR count). The summed E-state index contributed by atoms with van der Waals surface area (Å²) in [4.78, 5) is 8.54. The molecule has 0 aromatic carbocycles. The number of hydrogen-bond donors (Lipinski definition) is 1. The highest BCUT2D eigenvalue weighted by Gasteiger charge is 2.32. The molecule has 0 radical (unpaired) electrons. The fourth-order valence-electron chi connectivity index (χ4n) is 1.89. The lowest BCUT2D eigenvalue weighted by Gasteiger charge is -2.17. The summed E-state index contributed by atoms with van der Waals surface area (Å²) in [5.74, 6) is 1.14. The highest BCUT2D eigenvalue weighted by Crippen LogP contribution is 2.22. The normalized spacial score (nSPS) is 22.7. The molecule has 17 heavy (non-hydrogen) atoms. The summed E-state index contributed by atoms with van der Waals surface area (Å²) in [6, 6.07) is 1.92. The van der Waals surface area contributed by atoms with Gasteiger partial charge in [-0.3, -0.25) is 0 Å². The average Bonchev–Trinajstić information content (AvgIpc) is 2.54. The number of ether oxygens (including phenoxy) is 2. The number of hydrogen-bond acceptors (Lipinski definition) is 5. The smallest absolute Gasteiger partial charge is 0.163 e. The van der Waals surface area contributed by atoms with Gasteiger partial charge in [0.25, 0.3) is 0 Å². The third-order valence-electron chi connectivity index (χ3n) is 2.54. The van der Waals surface area contributed by atoms with E-state index in [1.165, 1.54) is 0 Å². The Morgan fingerprint density at radius 3 is 2.76 bits per heavy atom. The van der Waals surface area contributed by atoms with Crippen molar-refractivity contribution in [2.75, 3.05) is 18.5 Å². The lowest BCUT2D eigenvalue weighted by Crippen LogP contribution is -2.26. The van der Waals surface area contributed by atoms with E-state index in [2.05, 4.69) is 15.3 Å². The maximum Gasteiger partial charge on any atom is 0.163 e. The van der Waals surface area contributed by atoms with Crippen molar-refractivity contribution in [1.82, 2.24) is 9.97 Å². The first-order chi connectivity index (χ1) is 7.94. The Kier molecular flexibility index (Phi) is 3.31. The van der Waals surface area contributed by atoms with E-state index in [-0.39, 0.29) is 6.10 Å². The predicted molar refractivity (Wildman–Crippen MR) is 64.9 cm³/mol. The molecule has 0 bridgehead atoms. The van der Waals surface area contributed by atoms with Gasteiger partial charge in [-0.05, 0) is 27.7 Å². The fraction of sp³-hybridized carbons (Fsp3) is 0.667. The molecule has 0 aliphatic carbocycles. The summed E-state index contributed by atoms with van der Waals surface area (Å²) in [5.41, 5.74) is 0.962. The van der Waals surface area contributed by atoms with Gasteiger partial charge in [0, 0.05) is 18.3 Å². The van der Waals surface area contributed by atoms with Gasteiger partial charge in [-0.1, -0.05) is 0 Å². The quantitative estimate of drug-likeness (QED) is 0.866. The van der Waals surface area contributed by atoms with Crippen LogP contribution in [-0.2, 0) is 9.47 Å². The van der Waals surface area contributed by atoms with Crippen molar-refractivity contribution >= 4 is 5.82 Å². The topological polar surface area (TPSA) is 56.3 Å². The van der Waals surface area contributed by atoms with Gasteiger partial charge in [0.1, 0.15) is 17.7 Å². The van der Waals surface area contributed by atoms with Gasteiger partial charge in [-0.15, -0.1) is 0 Å². The zero-order valence-electron chi connectivity index (χ0n) is 10.8. The number of nitrogens with zero attached hydrogens (tertiary/aromatic N) is 2. The Bertz CT molecular complexity index is 386. The Morgan fingerprint density at radius 1 is 1.41 bits per heavy atom. The lowest BCUT2D eigenvalue weighted by molar-refractivity contribution is -0.136. The van der Waals surface area contributed by atoms with Crippen LogP contribution in [0.5, 0.6) is 0 Å². The standard InChI is InChI=1S/C12H19N3O2/c1-8-5-11(15-9(2)14-8)13-6-10-7-16-12(3,4)17-10/h5,10H,6-7H2,1-4H3,(H,13,14,15). The van der Waals surface area contributed by atoms with E-state index in [4.69, 9.17) is 9.47 Å². The van der Waals surface area contributed by atoms with Crippen LogP contribution in [0.15, 0.2) is 6.07 Å². The van der Waals surface area contributed by atoms with Gasteiger partial charge in [0.05, 0.1) is 6.61 Å². The van der Waals surface area contributed by atoms with Crippen LogP contribution in [0.2, 0.25) is 0 Å². The monoisotopic (exact) mass is 237 g/mol. The fourth-order valence-corrected chi connectivity index (χ4v) is 1.89. The maximum absolute atomic E-state index is 5.70. The second-order valence-corrected chi connectivity index (χ2v) is 4.77. The molecular weight excluding hydrogens is 218 g/mol. The summed E-state index contributed by atoms with van der Waals surface area (Å²) in [7, 11) is 0. The van der Waals surface area contributed by atoms with E-state index in [1.54, 1.807) is 0 Å². The van der Waals surface area contributed by atoms with Crippen molar-refractivity contribution in [2.24, 2.45) is 0 Å². The Morgan fingerprint density at radius 2 is 2.18 bits per heavy atom. The zero-order chi connectivity index (χ0) is 12.5. The van der Waals surface area contributed by atoms with E-state index in [9.17, 15) is 0 Å². The van der Waals surface area contributed by atoms with Crippen LogP contribution in [0.1, 0.15) is 25.4 Å². The average molecular weight is 237 g/mol. The van der Waals surface area contributed by atoms with Gasteiger partial charge in [0.2, 0.25) is 0 Å². The zero-order valence-corrected chi connectivity index (χ0v) is 10.8. The molecule has 1 unspecified atom stereocenters. The Labute approximate surface area is 102 Å². The molecule has 1 fully saturated rings. The third kappa shape index (κ3) is 3.38. The molecule has 1 N–H and O–H groups in total. The van der Waals surface area contributed by atoms with Crippen LogP contribution in [-0.4, -0.2) is 35.0 Å². The molecular formula is C12H19N3O2. The molecule has 0 spiro atoms. The van der Waals surface area contributed by atoms with Gasteiger partial charge in [-0.25, -0.2) is 9.97 Å². The molecule has 1 saturated heterocycles. The second kappa shape index (κ2) is 4.58. The van der Waals surface area contributed by atoms with Crippen molar-refractivity contribution in [3.63, 3.8) is 0 Å². The minimum Gasteiger partial charge on any atom is -0.367 e. The van der Waals surface area contributed by atoms with E-state index >= 15 is 0 Å². The van der Waals surface area contributed by atoms with Crippen LogP contribution < -0.4 is 5.32 Å². The minimum atomic E-state index is -0.468. The number of anilines is 1. The van der Waals surface area contributed by atoms with Crippen LogP contribution >= 0.6 is 0 Å². The SMILES string of the molecule is Cc1cc(NCC2COC(C)(C)O2)nc(C)n1. The number of aromatic nitrogens is 2. The van der Waals surface area contributed by atoms with Gasteiger partial charge in [-0.2, -0.15) is 0 Å². The Balaban J connectivity index is 1.90. The second-order valence-electron chi connectivity index (χ2n) is 4.77. The van der Waals surface area contributed by atoms with E-state index < -0.39 is 5.79 Å². The molecule has 1 aromatic heterocycles. The summed E-state index contributed by atoms with van der Waals surface area (Å²) in [6.45, 7) is 8.99. The molecule has 1 aliphatic heterocycles. The van der Waals surface area contributed by atoms with Gasteiger partial charge >= 0.3 is 0 Å². The molecule has 0 amide bonds. The highest BCUT2D eigenvalue weighted by molar-refractivity contribution is 5.35. The number of aryl methyl sites for hydroxylation is 2. The molecule has 5 heteroatoms. The molecule has 0 saturated carbocycles. The summed E-state index contributed by atoms with van der Waals surface area (Å²) < 4.78 is 11.2. The molecule has 94 valence electrons. The van der Waals surface area contributed by atoms with Crippen LogP contribution in [0.3, 0.4) is 0 Å². The third-order valence-corrected chi connectivity index (χ3v) is 2.54. The first kappa shape index (κ1) is 12.3. The van der Waals surface area contributed by atoms with Gasteiger partial charge < -0.3 is 14.8 Å². The van der Waals surface area contributed by atoms with Crippen molar-refractivity contribution in [2.45, 2.75) is 39.6 Å². The van der Waals surface area contributed by atoms with Crippen LogP contribution in [0, 0.1) is 13.8 Å². The molecule has 1 aromatic rings. The lowest BCUT2D eigenvalue weighted by atomic mass is 10.3. The van der Waals surface area contributed by atoms with Crippen molar-refractivity contribution in [3.8, 4) is 0 Å². The van der Waals surface area contributed by atoms with Crippen LogP contribution in [0.25, 0.3) is 0 Å². The molecule has 2 heterocycles. The molecule has 5 nitrogen and oxygen atoms in total. The number of rotatable bonds is 3. The predicted octanol–water partition coefficient (Wildman–Crippen LogP) is 1.66.